The Morgan fingerprint density at radius 2 is 2.00 bits per heavy atom. The number of esters is 1. The maximum Gasteiger partial charge on any atom is 0.314 e. The molecule has 0 heterocycles. The predicted octanol–water partition coefficient (Wildman–Crippen LogP) is 0.919. The van der Waals surface area contributed by atoms with E-state index in [0.29, 0.717) is 0 Å². The largest absolute Gasteiger partial charge is 0.504 e. The molecule has 1 aromatic carbocycles. The molecule has 5 nitrogen and oxygen atoms in total. The van der Waals surface area contributed by atoms with E-state index in [1.165, 1.54) is 12.1 Å². The van der Waals surface area contributed by atoms with Gasteiger partial charge in [0, 0.05) is 5.56 Å². The van der Waals surface area contributed by atoms with Crippen LogP contribution in [-0.4, -0.2) is 27.9 Å². The average Bonchev–Trinajstić information content (AvgIpc) is 2.20. The molecule has 3 N–H and O–H groups in total. The molecule has 0 aromatic heterocycles. The van der Waals surface area contributed by atoms with E-state index in [-0.39, 0.29) is 12.2 Å². The van der Waals surface area contributed by atoms with Crippen molar-refractivity contribution in [1.29, 1.82) is 0 Å². The van der Waals surface area contributed by atoms with Crippen LogP contribution >= 0.6 is 0 Å². The minimum Gasteiger partial charge on any atom is -0.504 e. The Morgan fingerprint density at radius 3 is 2.60 bits per heavy atom. The van der Waals surface area contributed by atoms with Crippen LogP contribution in [0.25, 0.3) is 0 Å². The monoisotopic (exact) mass is 211 g/mol. The van der Waals surface area contributed by atoms with Crippen molar-refractivity contribution in [2.75, 3.05) is 6.61 Å². The van der Waals surface area contributed by atoms with E-state index in [2.05, 4.69) is 4.74 Å². The third-order valence-corrected chi connectivity index (χ3v) is 1.72. The van der Waals surface area contributed by atoms with Crippen LogP contribution < -0.4 is 0 Å². The van der Waals surface area contributed by atoms with Crippen LogP contribution in [0, 0.1) is 6.42 Å². The standard InChI is InChI=1S/C10H11O5/c1-2-15-8(12)5-6-3-4-7(11)10(14)9(6)13/h3-5,11,13-14H,2H2,1H3. The SMILES string of the molecule is CCOC(=O)[CH]c1ccc(O)c(O)c1O. The average molecular weight is 211 g/mol. The minimum absolute atomic E-state index is 0.0868. The van der Waals surface area contributed by atoms with Gasteiger partial charge in [-0.15, -0.1) is 0 Å². The maximum atomic E-state index is 11.0. The van der Waals surface area contributed by atoms with Gasteiger partial charge in [0.25, 0.3) is 0 Å². The molecule has 0 fully saturated rings. The summed E-state index contributed by atoms with van der Waals surface area (Å²) in [6, 6.07) is 2.46. The molecule has 0 spiro atoms. The van der Waals surface area contributed by atoms with Crippen LogP contribution in [-0.2, 0) is 9.53 Å². The summed E-state index contributed by atoms with van der Waals surface area (Å²) in [5, 5.41) is 27.5. The van der Waals surface area contributed by atoms with Crippen molar-refractivity contribution in [3.05, 3.63) is 24.1 Å². The van der Waals surface area contributed by atoms with E-state index >= 15 is 0 Å². The molecule has 5 heteroatoms. The molecule has 0 aliphatic heterocycles. The molecule has 0 unspecified atom stereocenters. The highest BCUT2D eigenvalue weighted by atomic mass is 16.5. The van der Waals surface area contributed by atoms with E-state index < -0.39 is 23.2 Å². The van der Waals surface area contributed by atoms with E-state index in [9.17, 15) is 9.90 Å². The number of phenols is 3. The lowest BCUT2D eigenvalue weighted by atomic mass is 10.1. The number of hydrogen-bond acceptors (Lipinski definition) is 5. The predicted molar refractivity (Wildman–Crippen MR) is 51.5 cm³/mol. The van der Waals surface area contributed by atoms with Crippen molar-refractivity contribution in [3.63, 3.8) is 0 Å². The van der Waals surface area contributed by atoms with Crippen LogP contribution in [0.3, 0.4) is 0 Å². The summed E-state index contributed by atoms with van der Waals surface area (Å²) in [6.07, 6.45) is 1.03. The lowest BCUT2D eigenvalue weighted by Crippen LogP contribution is -2.05. The van der Waals surface area contributed by atoms with Gasteiger partial charge in [0.15, 0.2) is 11.5 Å². The summed E-state index contributed by atoms with van der Waals surface area (Å²) >= 11 is 0. The first kappa shape index (κ1) is 11.2. The Bertz CT molecular complexity index is 372. The molecule has 1 aromatic rings. The van der Waals surface area contributed by atoms with Crippen molar-refractivity contribution < 1.29 is 24.9 Å². The molecule has 1 radical (unpaired) electrons. The van der Waals surface area contributed by atoms with E-state index in [1.54, 1.807) is 6.92 Å². The first-order valence-electron chi connectivity index (χ1n) is 4.31. The fourth-order valence-electron chi connectivity index (χ4n) is 1.01. The number of carbonyl (C=O) groups excluding carboxylic acids is 1. The molecule has 1 rings (SSSR count). The summed E-state index contributed by atoms with van der Waals surface area (Å²) in [5.41, 5.74) is 0.0868. The molecule has 15 heavy (non-hydrogen) atoms. The number of ether oxygens (including phenoxy) is 1. The Labute approximate surface area is 86.5 Å². The van der Waals surface area contributed by atoms with Crippen molar-refractivity contribution >= 4 is 5.97 Å². The van der Waals surface area contributed by atoms with Crippen LogP contribution in [0.5, 0.6) is 17.2 Å². The summed E-state index contributed by atoms with van der Waals surface area (Å²) in [7, 11) is 0. The zero-order chi connectivity index (χ0) is 11.4. The molecule has 0 saturated carbocycles. The molecular formula is C10H11O5. The van der Waals surface area contributed by atoms with Crippen LogP contribution in [0.1, 0.15) is 12.5 Å². The lowest BCUT2D eigenvalue weighted by molar-refractivity contribution is -0.138. The highest BCUT2D eigenvalue weighted by molar-refractivity contribution is 5.85. The van der Waals surface area contributed by atoms with Gasteiger partial charge in [-0.25, -0.2) is 0 Å². The second-order valence-electron chi connectivity index (χ2n) is 2.77. The van der Waals surface area contributed by atoms with Crippen molar-refractivity contribution in [1.82, 2.24) is 0 Å². The molecular weight excluding hydrogens is 200 g/mol. The Balaban J connectivity index is 2.87. The van der Waals surface area contributed by atoms with E-state index in [0.717, 1.165) is 6.42 Å². The number of phenolic OH excluding ortho intramolecular Hbond substituents is 3. The lowest BCUT2D eigenvalue weighted by Gasteiger charge is -2.06. The van der Waals surface area contributed by atoms with Crippen LogP contribution in [0.15, 0.2) is 12.1 Å². The summed E-state index contributed by atoms with van der Waals surface area (Å²) in [6.45, 7) is 1.88. The summed E-state index contributed by atoms with van der Waals surface area (Å²) in [4.78, 5) is 11.0. The Hall–Kier alpha value is -1.91. The van der Waals surface area contributed by atoms with E-state index in [4.69, 9.17) is 10.2 Å². The van der Waals surface area contributed by atoms with Gasteiger partial charge >= 0.3 is 5.97 Å². The number of rotatable bonds is 3. The topological polar surface area (TPSA) is 87.0 Å². The van der Waals surface area contributed by atoms with Gasteiger partial charge in [-0.2, -0.15) is 0 Å². The molecule has 0 saturated heterocycles. The summed E-state index contributed by atoms with van der Waals surface area (Å²) < 4.78 is 4.62. The highest BCUT2D eigenvalue weighted by Gasteiger charge is 2.14. The van der Waals surface area contributed by atoms with Gasteiger partial charge in [0.05, 0.1) is 6.61 Å². The number of carbonyl (C=O) groups is 1. The summed E-state index contributed by atoms with van der Waals surface area (Å²) in [5.74, 6) is -2.29. The first-order chi connectivity index (χ1) is 7.06. The van der Waals surface area contributed by atoms with Crippen LogP contribution in [0.4, 0.5) is 0 Å². The van der Waals surface area contributed by atoms with Crippen molar-refractivity contribution in [3.8, 4) is 17.2 Å². The highest BCUT2D eigenvalue weighted by Crippen LogP contribution is 2.37. The van der Waals surface area contributed by atoms with E-state index in [1.807, 2.05) is 0 Å². The molecule has 0 aliphatic carbocycles. The Kier molecular flexibility index (Phi) is 3.38. The minimum atomic E-state index is -0.659. The zero-order valence-electron chi connectivity index (χ0n) is 8.10. The smallest absolute Gasteiger partial charge is 0.314 e. The van der Waals surface area contributed by atoms with Gasteiger partial charge < -0.3 is 20.1 Å². The zero-order valence-corrected chi connectivity index (χ0v) is 8.10. The maximum absolute atomic E-state index is 11.0. The van der Waals surface area contributed by atoms with Gasteiger partial charge in [-0.05, 0) is 13.0 Å². The second kappa shape index (κ2) is 4.54. The second-order valence-corrected chi connectivity index (χ2v) is 2.77. The van der Waals surface area contributed by atoms with Crippen molar-refractivity contribution in [2.24, 2.45) is 0 Å². The fourth-order valence-corrected chi connectivity index (χ4v) is 1.01. The van der Waals surface area contributed by atoms with Crippen LogP contribution in [0.2, 0.25) is 0 Å². The van der Waals surface area contributed by atoms with Gasteiger partial charge in [-0.1, -0.05) is 6.07 Å². The third-order valence-electron chi connectivity index (χ3n) is 1.72. The molecule has 0 atom stereocenters. The molecule has 81 valence electrons. The fraction of sp³-hybridized carbons (Fsp3) is 0.200. The molecule has 0 aliphatic rings. The number of benzene rings is 1. The first-order valence-corrected chi connectivity index (χ1v) is 4.31. The molecule has 0 bridgehead atoms. The van der Waals surface area contributed by atoms with Gasteiger partial charge in [0.2, 0.25) is 5.75 Å². The quantitative estimate of drug-likeness (QED) is 0.511. The van der Waals surface area contributed by atoms with Crippen molar-refractivity contribution in [2.45, 2.75) is 6.92 Å². The van der Waals surface area contributed by atoms with Gasteiger partial charge in [-0.3, -0.25) is 4.79 Å². The normalized spacial score (nSPS) is 9.93. The molecule has 0 amide bonds. The third kappa shape index (κ3) is 2.52. The number of hydrogen-bond donors (Lipinski definition) is 3. The number of aromatic hydroxyl groups is 3. The van der Waals surface area contributed by atoms with Gasteiger partial charge in [0.1, 0.15) is 6.42 Å². The Morgan fingerprint density at radius 1 is 1.33 bits per heavy atom.